The third-order valence-electron chi connectivity index (χ3n) is 1.93. The number of nitrogens with two attached hydrogens (primary N) is 1. The summed E-state index contributed by atoms with van der Waals surface area (Å²) in [4.78, 5) is 0. The van der Waals surface area contributed by atoms with Gasteiger partial charge in [0.1, 0.15) is 11.6 Å². The van der Waals surface area contributed by atoms with Gasteiger partial charge in [0.2, 0.25) is 0 Å². The molecule has 1 rings (SSSR count). The molecule has 0 bridgehead atoms. The summed E-state index contributed by atoms with van der Waals surface area (Å²) in [5.41, 5.74) is 6.13. The first-order valence-electron chi connectivity index (χ1n) is 4.83. The van der Waals surface area contributed by atoms with Crippen molar-refractivity contribution in [2.75, 3.05) is 6.61 Å². The summed E-state index contributed by atoms with van der Waals surface area (Å²) in [5, 5.41) is 0. The van der Waals surface area contributed by atoms with Crippen LogP contribution in [0.2, 0.25) is 0 Å². The molecule has 0 unspecified atom stereocenters. The Morgan fingerprint density at radius 1 is 1.50 bits per heavy atom. The summed E-state index contributed by atoms with van der Waals surface area (Å²) in [6.07, 6.45) is 0.898. The molecule has 0 heterocycles. The molecule has 14 heavy (non-hydrogen) atoms. The zero-order valence-corrected chi connectivity index (χ0v) is 8.59. The summed E-state index contributed by atoms with van der Waals surface area (Å²) in [5.74, 6) is 0.260. The predicted octanol–water partition coefficient (Wildman–Crippen LogP) is 2.63. The summed E-state index contributed by atoms with van der Waals surface area (Å²) in [6.45, 7) is 4.34. The second kappa shape index (κ2) is 4.96. The average Bonchev–Trinajstić information content (AvgIpc) is 2.14. The lowest BCUT2D eigenvalue weighted by atomic mass is 10.1. The van der Waals surface area contributed by atoms with Crippen molar-refractivity contribution in [3.8, 4) is 5.75 Å². The second-order valence-corrected chi connectivity index (χ2v) is 3.29. The molecule has 2 nitrogen and oxygen atoms in total. The molecule has 0 aliphatic carbocycles. The summed E-state index contributed by atoms with van der Waals surface area (Å²) in [7, 11) is 0. The first-order chi connectivity index (χ1) is 6.66. The fourth-order valence-electron chi connectivity index (χ4n) is 1.30. The molecule has 1 atom stereocenters. The molecule has 2 N–H and O–H groups in total. The van der Waals surface area contributed by atoms with E-state index in [1.54, 1.807) is 19.1 Å². The first-order valence-corrected chi connectivity index (χ1v) is 4.83. The van der Waals surface area contributed by atoms with E-state index >= 15 is 0 Å². The Morgan fingerprint density at radius 3 is 2.79 bits per heavy atom. The Labute approximate surface area is 83.9 Å². The van der Waals surface area contributed by atoms with Gasteiger partial charge < -0.3 is 10.5 Å². The normalized spacial score (nSPS) is 12.6. The van der Waals surface area contributed by atoms with Gasteiger partial charge in [-0.1, -0.05) is 13.0 Å². The Morgan fingerprint density at radius 2 is 2.21 bits per heavy atom. The molecule has 0 fully saturated rings. The molecule has 0 saturated heterocycles. The smallest absolute Gasteiger partial charge is 0.131 e. The van der Waals surface area contributed by atoms with Crippen LogP contribution in [0.4, 0.5) is 4.39 Å². The maximum absolute atomic E-state index is 13.4. The van der Waals surface area contributed by atoms with Gasteiger partial charge in [-0.2, -0.15) is 0 Å². The molecule has 1 aromatic carbocycles. The van der Waals surface area contributed by atoms with Crippen LogP contribution in [0.25, 0.3) is 0 Å². The van der Waals surface area contributed by atoms with Gasteiger partial charge in [-0.05, 0) is 25.5 Å². The third-order valence-corrected chi connectivity index (χ3v) is 1.93. The van der Waals surface area contributed by atoms with E-state index in [2.05, 4.69) is 0 Å². The summed E-state index contributed by atoms with van der Waals surface area (Å²) in [6, 6.07) is 4.43. The van der Waals surface area contributed by atoms with Crippen molar-refractivity contribution in [1.29, 1.82) is 0 Å². The first kappa shape index (κ1) is 11.0. The van der Waals surface area contributed by atoms with Gasteiger partial charge in [-0.25, -0.2) is 4.39 Å². The molecule has 3 heteroatoms. The van der Waals surface area contributed by atoms with Crippen LogP contribution in [0.1, 0.15) is 31.9 Å². The van der Waals surface area contributed by atoms with Crippen molar-refractivity contribution in [2.45, 2.75) is 26.3 Å². The molecular weight excluding hydrogens is 181 g/mol. The van der Waals surface area contributed by atoms with E-state index in [0.29, 0.717) is 17.9 Å². The highest BCUT2D eigenvalue weighted by Crippen LogP contribution is 2.26. The van der Waals surface area contributed by atoms with E-state index in [4.69, 9.17) is 10.5 Å². The molecule has 0 spiro atoms. The monoisotopic (exact) mass is 197 g/mol. The van der Waals surface area contributed by atoms with Crippen LogP contribution in [-0.2, 0) is 0 Å². The van der Waals surface area contributed by atoms with E-state index in [-0.39, 0.29) is 11.9 Å². The summed E-state index contributed by atoms with van der Waals surface area (Å²) >= 11 is 0. The SMILES string of the molecule is CCCOc1cccc(F)c1[C@@H](C)N. The highest BCUT2D eigenvalue weighted by molar-refractivity contribution is 5.36. The van der Waals surface area contributed by atoms with Crippen LogP contribution in [-0.4, -0.2) is 6.61 Å². The summed E-state index contributed by atoms with van der Waals surface area (Å²) < 4.78 is 18.8. The van der Waals surface area contributed by atoms with Gasteiger partial charge in [0, 0.05) is 11.6 Å². The van der Waals surface area contributed by atoms with Crippen LogP contribution in [0.15, 0.2) is 18.2 Å². The molecular formula is C11H16FNO. The molecule has 0 aromatic heterocycles. The van der Waals surface area contributed by atoms with E-state index in [1.165, 1.54) is 6.07 Å². The Kier molecular flexibility index (Phi) is 3.89. The lowest BCUT2D eigenvalue weighted by Gasteiger charge is -2.14. The van der Waals surface area contributed by atoms with Crippen molar-refractivity contribution < 1.29 is 9.13 Å². The van der Waals surface area contributed by atoms with Gasteiger partial charge in [-0.15, -0.1) is 0 Å². The highest BCUT2D eigenvalue weighted by Gasteiger charge is 2.12. The van der Waals surface area contributed by atoms with Crippen molar-refractivity contribution in [1.82, 2.24) is 0 Å². The van der Waals surface area contributed by atoms with Crippen LogP contribution < -0.4 is 10.5 Å². The van der Waals surface area contributed by atoms with Gasteiger partial charge in [0.15, 0.2) is 0 Å². The minimum atomic E-state index is -0.344. The molecule has 0 aliphatic heterocycles. The fraction of sp³-hybridized carbons (Fsp3) is 0.455. The second-order valence-electron chi connectivity index (χ2n) is 3.29. The maximum Gasteiger partial charge on any atom is 0.131 e. The molecule has 0 saturated carbocycles. The fourth-order valence-corrected chi connectivity index (χ4v) is 1.30. The quantitative estimate of drug-likeness (QED) is 0.805. The minimum Gasteiger partial charge on any atom is -0.493 e. The lowest BCUT2D eigenvalue weighted by molar-refractivity contribution is 0.310. The van der Waals surface area contributed by atoms with Crippen molar-refractivity contribution in [3.63, 3.8) is 0 Å². The number of halogens is 1. The Hall–Kier alpha value is -1.09. The molecule has 0 radical (unpaired) electrons. The number of hydrogen-bond donors (Lipinski definition) is 1. The number of rotatable bonds is 4. The molecule has 0 amide bonds. The minimum absolute atomic E-state index is 0.298. The Balaban J connectivity index is 2.96. The zero-order chi connectivity index (χ0) is 10.6. The molecule has 0 aliphatic rings. The van der Waals surface area contributed by atoms with Gasteiger partial charge >= 0.3 is 0 Å². The van der Waals surface area contributed by atoms with Gasteiger partial charge in [-0.3, -0.25) is 0 Å². The zero-order valence-electron chi connectivity index (χ0n) is 8.59. The average molecular weight is 197 g/mol. The largest absolute Gasteiger partial charge is 0.493 e. The van der Waals surface area contributed by atoms with E-state index in [1.807, 2.05) is 6.92 Å². The molecule has 78 valence electrons. The number of benzene rings is 1. The van der Waals surface area contributed by atoms with Crippen molar-refractivity contribution in [3.05, 3.63) is 29.6 Å². The lowest BCUT2D eigenvalue weighted by Crippen LogP contribution is -2.10. The van der Waals surface area contributed by atoms with Gasteiger partial charge in [0.05, 0.1) is 6.61 Å². The Bertz CT molecular complexity index is 299. The van der Waals surface area contributed by atoms with Gasteiger partial charge in [0.25, 0.3) is 0 Å². The van der Waals surface area contributed by atoms with E-state index < -0.39 is 0 Å². The van der Waals surface area contributed by atoms with Crippen LogP contribution in [0.5, 0.6) is 5.75 Å². The predicted molar refractivity (Wildman–Crippen MR) is 54.8 cm³/mol. The topological polar surface area (TPSA) is 35.2 Å². The third kappa shape index (κ3) is 2.45. The van der Waals surface area contributed by atoms with Crippen LogP contribution in [0.3, 0.4) is 0 Å². The number of hydrogen-bond acceptors (Lipinski definition) is 2. The standard InChI is InChI=1S/C11H16FNO/c1-3-7-14-10-6-4-5-9(12)11(10)8(2)13/h4-6,8H,3,7,13H2,1-2H3/t8-/m1/s1. The molecule has 1 aromatic rings. The highest BCUT2D eigenvalue weighted by atomic mass is 19.1. The van der Waals surface area contributed by atoms with E-state index in [0.717, 1.165) is 6.42 Å². The van der Waals surface area contributed by atoms with Crippen LogP contribution >= 0.6 is 0 Å². The van der Waals surface area contributed by atoms with Crippen molar-refractivity contribution >= 4 is 0 Å². The van der Waals surface area contributed by atoms with Crippen molar-refractivity contribution in [2.24, 2.45) is 5.73 Å². The maximum atomic E-state index is 13.4. The van der Waals surface area contributed by atoms with Crippen LogP contribution in [0, 0.1) is 5.82 Å². The number of ether oxygens (including phenoxy) is 1. The van der Waals surface area contributed by atoms with E-state index in [9.17, 15) is 4.39 Å².